The van der Waals surface area contributed by atoms with E-state index in [-0.39, 0.29) is 5.69 Å². The number of halogens is 3. The summed E-state index contributed by atoms with van der Waals surface area (Å²) in [6, 6.07) is 1.68. The van der Waals surface area contributed by atoms with Crippen LogP contribution in [-0.2, 0) is 0 Å². The number of anilines is 3. The van der Waals surface area contributed by atoms with Crippen molar-refractivity contribution in [2.75, 3.05) is 10.7 Å². The maximum atomic E-state index is 13.1. The molecule has 0 fully saturated rings. The van der Waals surface area contributed by atoms with Crippen LogP contribution < -0.4 is 16.6 Å². The number of hydrazine groups is 1. The lowest BCUT2D eigenvalue weighted by molar-refractivity contribution is 0.448. The van der Waals surface area contributed by atoms with Gasteiger partial charge in [0.1, 0.15) is 17.5 Å². The predicted molar refractivity (Wildman–Crippen MR) is 68.9 cm³/mol. The van der Waals surface area contributed by atoms with Gasteiger partial charge < -0.3 is 10.7 Å². The molecular weight excluding hydrogens is 271 g/mol. The summed E-state index contributed by atoms with van der Waals surface area (Å²) >= 11 is 0. The number of rotatable bonds is 3. The molecule has 4 N–H and O–H groups in total. The number of nitrogens with one attached hydrogen (secondary N) is 2. The van der Waals surface area contributed by atoms with Crippen LogP contribution in [0.1, 0.15) is 11.4 Å². The van der Waals surface area contributed by atoms with Crippen LogP contribution in [0, 0.1) is 31.3 Å². The first kappa shape index (κ1) is 14.1. The van der Waals surface area contributed by atoms with E-state index in [1.54, 1.807) is 13.8 Å². The largest absolute Gasteiger partial charge is 0.340 e. The van der Waals surface area contributed by atoms with E-state index in [4.69, 9.17) is 5.84 Å². The molecule has 0 aliphatic carbocycles. The third-order valence-electron chi connectivity index (χ3n) is 2.64. The zero-order valence-electron chi connectivity index (χ0n) is 10.8. The number of hydrogen-bond donors (Lipinski definition) is 3. The Kier molecular flexibility index (Phi) is 3.75. The van der Waals surface area contributed by atoms with Crippen molar-refractivity contribution < 1.29 is 13.2 Å². The molecule has 2 rings (SSSR count). The summed E-state index contributed by atoms with van der Waals surface area (Å²) in [6.07, 6.45) is 0. The molecule has 2 aromatic rings. The Hall–Kier alpha value is -2.35. The smallest absolute Gasteiger partial charge is 0.194 e. The van der Waals surface area contributed by atoms with E-state index in [9.17, 15) is 13.2 Å². The molecule has 20 heavy (non-hydrogen) atoms. The Labute approximate surface area is 113 Å². The minimum Gasteiger partial charge on any atom is -0.340 e. The number of nitrogens with zero attached hydrogens (tertiary/aromatic N) is 2. The van der Waals surface area contributed by atoms with Crippen molar-refractivity contribution in [2.24, 2.45) is 5.84 Å². The maximum Gasteiger partial charge on any atom is 0.194 e. The molecule has 0 bridgehead atoms. The number of nitrogen functional groups attached to an aromatic ring is 1. The number of benzene rings is 1. The van der Waals surface area contributed by atoms with E-state index < -0.39 is 17.5 Å². The Balaban J connectivity index is 2.42. The fourth-order valence-corrected chi connectivity index (χ4v) is 1.66. The van der Waals surface area contributed by atoms with Crippen LogP contribution in [0.5, 0.6) is 0 Å². The number of hydrogen-bond acceptors (Lipinski definition) is 5. The Bertz CT molecular complexity index is 637. The normalized spacial score (nSPS) is 10.5. The standard InChI is InChI=1S/C12H12F3N5/c1-5-11(17-6(2)18-12(5)20-16)19-7-3-8(13)10(15)9(14)4-7/h3-4H,16H2,1-2H3,(H2,17,18,19,20). The van der Waals surface area contributed by atoms with E-state index >= 15 is 0 Å². The number of aromatic nitrogens is 2. The highest BCUT2D eigenvalue weighted by molar-refractivity contribution is 5.64. The molecular formula is C12H12F3N5. The van der Waals surface area contributed by atoms with Crippen molar-refractivity contribution in [3.05, 3.63) is 41.0 Å². The van der Waals surface area contributed by atoms with E-state index in [1.165, 1.54) is 0 Å². The lowest BCUT2D eigenvalue weighted by atomic mass is 10.2. The first-order chi connectivity index (χ1) is 9.42. The molecule has 106 valence electrons. The van der Waals surface area contributed by atoms with Crippen molar-refractivity contribution in [1.29, 1.82) is 0 Å². The van der Waals surface area contributed by atoms with Crippen LogP contribution in [0.2, 0.25) is 0 Å². The lowest BCUT2D eigenvalue weighted by Crippen LogP contribution is -2.13. The first-order valence-corrected chi connectivity index (χ1v) is 5.65. The summed E-state index contributed by atoms with van der Waals surface area (Å²) in [7, 11) is 0. The van der Waals surface area contributed by atoms with Gasteiger partial charge in [0.2, 0.25) is 0 Å². The number of aryl methyl sites for hydroxylation is 1. The van der Waals surface area contributed by atoms with Crippen molar-refractivity contribution in [3.8, 4) is 0 Å². The highest BCUT2D eigenvalue weighted by Gasteiger charge is 2.13. The van der Waals surface area contributed by atoms with Crippen LogP contribution in [0.15, 0.2) is 12.1 Å². The Morgan fingerprint density at radius 1 is 1.00 bits per heavy atom. The summed E-state index contributed by atoms with van der Waals surface area (Å²) in [5, 5.41) is 2.70. The summed E-state index contributed by atoms with van der Waals surface area (Å²) in [5.74, 6) is 2.33. The van der Waals surface area contributed by atoms with Gasteiger partial charge in [0.15, 0.2) is 17.5 Å². The van der Waals surface area contributed by atoms with E-state index in [2.05, 4.69) is 20.7 Å². The van der Waals surface area contributed by atoms with Crippen molar-refractivity contribution >= 4 is 17.3 Å². The molecule has 0 saturated heterocycles. The molecule has 0 unspecified atom stereocenters. The second kappa shape index (κ2) is 5.33. The molecule has 0 amide bonds. The highest BCUT2D eigenvalue weighted by Crippen LogP contribution is 2.25. The lowest BCUT2D eigenvalue weighted by Gasteiger charge is -2.12. The number of nitrogens with two attached hydrogens (primary N) is 1. The molecule has 0 aliphatic heterocycles. The fraction of sp³-hybridized carbons (Fsp3) is 0.167. The quantitative estimate of drug-likeness (QED) is 0.458. The third kappa shape index (κ3) is 2.64. The first-order valence-electron chi connectivity index (χ1n) is 5.65. The molecule has 0 aliphatic rings. The summed E-state index contributed by atoms with van der Waals surface area (Å²) in [5.41, 5.74) is 2.99. The van der Waals surface area contributed by atoms with Gasteiger partial charge in [0.05, 0.1) is 0 Å². The van der Waals surface area contributed by atoms with E-state index in [0.29, 0.717) is 23.0 Å². The van der Waals surface area contributed by atoms with Gasteiger partial charge in [-0.1, -0.05) is 0 Å². The zero-order chi connectivity index (χ0) is 14.9. The Morgan fingerprint density at radius 3 is 2.10 bits per heavy atom. The van der Waals surface area contributed by atoms with Crippen molar-refractivity contribution in [3.63, 3.8) is 0 Å². The van der Waals surface area contributed by atoms with Gasteiger partial charge in [-0.25, -0.2) is 29.0 Å². The second-order valence-corrected chi connectivity index (χ2v) is 4.12. The fourth-order valence-electron chi connectivity index (χ4n) is 1.66. The Morgan fingerprint density at radius 2 is 1.55 bits per heavy atom. The molecule has 8 heteroatoms. The molecule has 0 radical (unpaired) electrons. The van der Waals surface area contributed by atoms with Crippen LogP contribution >= 0.6 is 0 Å². The second-order valence-electron chi connectivity index (χ2n) is 4.12. The minimum absolute atomic E-state index is 0.0329. The van der Waals surface area contributed by atoms with Crippen LogP contribution in [0.4, 0.5) is 30.5 Å². The predicted octanol–water partition coefficient (Wildman–Crippen LogP) is 2.54. The summed E-state index contributed by atoms with van der Waals surface area (Å²) in [6.45, 7) is 3.31. The van der Waals surface area contributed by atoms with Gasteiger partial charge in [-0.05, 0) is 13.8 Å². The van der Waals surface area contributed by atoms with E-state index in [1.807, 2.05) is 0 Å². The van der Waals surface area contributed by atoms with Gasteiger partial charge in [0.25, 0.3) is 0 Å². The third-order valence-corrected chi connectivity index (χ3v) is 2.64. The van der Waals surface area contributed by atoms with Crippen molar-refractivity contribution in [2.45, 2.75) is 13.8 Å². The molecule has 1 aromatic carbocycles. The average molecular weight is 283 g/mol. The van der Waals surface area contributed by atoms with Gasteiger partial charge in [-0.3, -0.25) is 0 Å². The molecule has 5 nitrogen and oxygen atoms in total. The van der Waals surface area contributed by atoms with Crippen LogP contribution in [0.25, 0.3) is 0 Å². The summed E-state index contributed by atoms with van der Waals surface area (Å²) in [4.78, 5) is 8.15. The maximum absolute atomic E-state index is 13.1. The monoisotopic (exact) mass is 283 g/mol. The molecule has 0 atom stereocenters. The van der Waals surface area contributed by atoms with Gasteiger partial charge in [0, 0.05) is 23.4 Å². The van der Waals surface area contributed by atoms with E-state index in [0.717, 1.165) is 12.1 Å². The highest BCUT2D eigenvalue weighted by atomic mass is 19.2. The average Bonchev–Trinajstić information content (AvgIpc) is 2.39. The molecule has 0 spiro atoms. The van der Waals surface area contributed by atoms with Crippen LogP contribution in [-0.4, -0.2) is 9.97 Å². The van der Waals surface area contributed by atoms with Crippen molar-refractivity contribution in [1.82, 2.24) is 9.97 Å². The molecule has 1 aromatic heterocycles. The minimum atomic E-state index is -1.52. The van der Waals surface area contributed by atoms with Gasteiger partial charge >= 0.3 is 0 Å². The SMILES string of the molecule is Cc1nc(NN)c(C)c(Nc2cc(F)c(F)c(F)c2)n1. The topological polar surface area (TPSA) is 75.9 Å². The van der Waals surface area contributed by atoms with Crippen LogP contribution in [0.3, 0.4) is 0 Å². The summed E-state index contributed by atoms with van der Waals surface area (Å²) < 4.78 is 39.2. The molecule has 0 saturated carbocycles. The molecule has 1 heterocycles. The van der Waals surface area contributed by atoms with Gasteiger partial charge in [-0.2, -0.15) is 0 Å². The van der Waals surface area contributed by atoms with Gasteiger partial charge in [-0.15, -0.1) is 0 Å². The zero-order valence-corrected chi connectivity index (χ0v) is 10.8.